The molecule has 6 aliphatic heterocycles. The summed E-state index contributed by atoms with van der Waals surface area (Å²) in [5, 5.41) is 205. The first-order chi connectivity index (χ1) is 40.0. The van der Waals surface area contributed by atoms with E-state index in [1.165, 1.54) is 0 Å². The lowest BCUT2D eigenvalue weighted by atomic mass is 9.88. The van der Waals surface area contributed by atoms with Gasteiger partial charge in [-0.15, -0.1) is 0 Å². The summed E-state index contributed by atoms with van der Waals surface area (Å²) >= 11 is 0. The Morgan fingerprint density at radius 2 is 0.918 bits per heavy atom. The van der Waals surface area contributed by atoms with Crippen LogP contribution in [0.15, 0.2) is 0 Å². The molecule has 0 spiro atoms. The molecule has 6 saturated heterocycles. The summed E-state index contributed by atoms with van der Waals surface area (Å²) in [6.07, 6.45) is -53.1. The molecule has 85 heavy (non-hydrogen) atoms. The lowest BCUT2D eigenvalue weighted by Gasteiger charge is -2.51. The third-order valence-corrected chi connectivity index (χ3v) is 15.0. The second-order valence-corrected chi connectivity index (χ2v) is 21.2. The monoisotopic (exact) mass is 1240 g/mol. The maximum atomic E-state index is 13.0. The minimum absolute atomic E-state index is 0.766. The van der Waals surface area contributed by atoms with Crippen LogP contribution in [0, 0.1) is 0 Å². The van der Waals surface area contributed by atoms with E-state index >= 15 is 0 Å². The Bertz CT molecular complexity index is 2220. The van der Waals surface area contributed by atoms with Crippen molar-refractivity contribution in [3.05, 3.63) is 0 Å². The zero-order valence-corrected chi connectivity index (χ0v) is 45.9. The molecule has 6 fully saturated rings. The molecule has 38 heteroatoms. The van der Waals surface area contributed by atoms with Crippen LogP contribution >= 0.6 is 0 Å². The largest absolute Gasteiger partial charge is 0.477 e. The molecule has 4 amide bonds. The molecule has 0 aromatic heterocycles. The van der Waals surface area contributed by atoms with E-state index in [1.54, 1.807) is 0 Å². The summed E-state index contributed by atoms with van der Waals surface area (Å²) in [5.74, 6) is -8.58. The maximum absolute atomic E-state index is 13.0. The Kier molecular flexibility index (Phi) is 24.9. The van der Waals surface area contributed by atoms with E-state index < -0.39 is 265 Å². The molecular formula is C47H78N4O34. The zero-order chi connectivity index (χ0) is 63.3. The molecule has 1 unspecified atom stereocenters. The van der Waals surface area contributed by atoms with Gasteiger partial charge in [0.2, 0.25) is 23.6 Å². The third kappa shape index (κ3) is 15.8. The number of nitrogens with one attached hydrogen (secondary N) is 4. The summed E-state index contributed by atoms with van der Waals surface area (Å²) in [7, 11) is 0. The first kappa shape index (κ1) is 70.3. The number of amides is 4. The number of hydrogen-bond acceptors (Lipinski definition) is 33. The summed E-state index contributed by atoms with van der Waals surface area (Å²) in [6, 6.07) is -6.80. The standard InChI is InChI=1S/C47H78N4O34/c1-12(57)48-23-16(61)5-47(46(73)74,84-38(23)27(63)17(62)6-52)85-40-30(66)20(9-55)79-45(35(40)71)81-36-21(10-56)80-42(25(33(36)69)50-14(3)59)75-11-22-31(67)37(26(41(72)76-22)51-15(4)60)82-44-34(70)39(29(65)19(8-54)78-44)83-43-24(49-13(2)58)32(68)28(64)18(7-53)77-43/h16-45,52-56,61-72H,5-11H2,1-4H3,(H,48,57)(H,49,58)(H,50,59)(H,51,60)(H,73,74)/t16-,17+,18+,19+,20+,21+,22+,23+,24+,25+,26+,27+,28-,29-,30-,31-,32+,33+,34+,35+,36+,37+,38+,39-,40-,41-,42?,43+,44-,45-,47-/m0/s1. The summed E-state index contributed by atoms with van der Waals surface area (Å²) in [6.45, 7) is -2.18. The van der Waals surface area contributed by atoms with Crippen LogP contribution in [0.1, 0.15) is 34.1 Å². The maximum Gasteiger partial charge on any atom is 0.364 e. The first-order valence-electron chi connectivity index (χ1n) is 26.7. The lowest BCUT2D eigenvalue weighted by Crippen LogP contribution is -2.71. The van der Waals surface area contributed by atoms with E-state index in [0.29, 0.717) is 0 Å². The molecule has 31 atom stereocenters. The number of aliphatic carboxylic acids is 1. The summed E-state index contributed by atoms with van der Waals surface area (Å²) in [4.78, 5) is 62.3. The van der Waals surface area contributed by atoms with Gasteiger partial charge in [0.1, 0.15) is 140 Å². The fourth-order valence-electron chi connectivity index (χ4n) is 10.7. The van der Waals surface area contributed by atoms with Crippen LogP contribution < -0.4 is 21.3 Å². The number of carbonyl (C=O) groups is 5. The van der Waals surface area contributed by atoms with E-state index in [9.17, 15) is 116 Å². The predicted molar refractivity (Wildman–Crippen MR) is 263 cm³/mol. The van der Waals surface area contributed by atoms with E-state index in [-0.39, 0.29) is 0 Å². The molecule has 0 radical (unpaired) electrons. The van der Waals surface area contributed by atoms with Crippen molar-refractivity contribution in [1.82, 2.24) is 21.3 Å². The molecule has 38 nitrogen and oxygen atoms in total. The minimum Gasteiger partial charge on any atom is -0.477 e. The van der Waals surface area contributed by atoms with Gasteiger partial charge in [0.25, 0.3) is 5.79 Å². The van der Waals surface area contributed by atoms with E-state index in [0.717, 1.165) is 27.7 Å². The Labute approximate surface area is 481 Å². The summed E-state index contributed by atoms with van der Waals surface area (Å²) in [5.41, 5.74) is 0. The molecule has 490 valence electrons. The van der Waals surface area contributed by atoms with Gasteiger partial charge in [-0.05, 0) is 0 Å². The van der Waals surface area contributed by atoms with Crippen LogP contribution in [0.5, 0.6) is 0 Å². The first-order valence-corrected chi connectivity index (χ1v) is 26.7. The topological polar surface area (TPSA) is 599 Å². The highest BCUT2D eigenvalue weighted by molar-refractivity contribution is 5.77. The highest BCUT2D eigenvalue weighted by Crippen LogP contribution is 2.39. The van der Waals surface area contributed by atoms with Gasteiger partial charge in [-0.2, -0.15) is 0 Å². The molecule has 0 saturated carbocycles. The van der Waals surface area contributed by atoms with Gasteiger partial charge in [0.05, 0.1) is 51.8 Å². The van der Waals surface area contributed by atoms with Crippen LogP contribution in [0.25, 0.3) is 0 Å². The fraction of sp³-hybridized carbons (Fsp3) is 0.894. The minimum atomic E-state index is -3.19. The smallest absolute Gasteiger partial charge is 0.364 e. The van der Waals surface area contributed by atoms with Gasteiger partial charge < -0.3 is 165 Å². The van der Waals surface area contributed by atoms with Gasteiger partial charge in [-0.3, -0.25) is 19.2 Å². The number of rotatable bonds is 23. The van der Waals surface area contributed by atoms with Crippen LogP contribution in [-0.2, 0) is 76.1 Å². The van der Waals surface area contributed by atoms with Gasteiger partial charge in [0, 0.05) is 34.1 Å². The van der Waals surface area contributed by atoms with E-state index in [2.05, 4.69) is 21.3 Å². The number of aliphatic hydroxyl groups excluding tert-OH is 17. The molecular weight excluding hydrogens is 1160 g/mol. The van der Waals surface area contributed by atoms with Gasteiger partial charge >= 0.3 is 5.97 Å². The van der Waals surface area contributed by atoms with Crippen LogP contribution in [0.3, 0.4) is 0 Å². The lowest BCUT2D eigenvalue weighted by molar-refractivity contribution is -0.383. The van der Waals surface area contributed by atoms with Crippen molar-refractivity contribution in [2.75, 3.05) is 39.6 Å². The molecule has 6 rings (SSSR count). The second-order valence-electron chi connectivity index (χ2n) is 21.2. The quantitative estimate of drug-likeness (QED) is 0.0452. The van der Waals surface area contributed by atoms with Gasteiger partial charge in [-0.1, -0.05) is 0 Å². The predicted octanol–water partition coefficient (Wildman–Crippen LogP) is -14.3. The van der Waals surface area contributed by atoms with Crippen molar-refractivity contribution in [3.63, 3.8) is 0 Å². The van der Waals surface area contributed by atoms with Crippen LogP contribution in [-0.4, -0.2) is 351 Å². The third-order valence-electron chi connectivity index (χ3n) is 15.0. The molecule has 6 heterocycles. The Hall–Kier alpha value is -3.77. The van der Waals surface area contributed by atoms with Gasteiger partial charge in [-0.25, -0.2) is 4.79 Å². The number of carboxylic acids is 1. The molecule has 0 aliphatic carbocycles. The average molecular weight is 1240 g/mol. The van der Waals surface area contributed by atoms with E-state index in [4.69, 9.17) is 52.1 Å². The number of hydrogen-bond donors (Lipinski definition) is 22. The Balaban J connectivity index is 1.21. The number of aliphatic hydroxyl groups is 17. The zero-order valence-electron chi connectivity index (χ0n) is 45.9. The molecule has 0 aromatic carbocycles. The van der Waals surface area contributed by atoms with Crippen molar-refractivity contribution in [3.8, 4) is 0 Å². The summed E-state index contributed by atoms with van der Waals surface area (Å²) < 4.78 is 63.2. The Morgan fingerprint density at radius 1 is 0.482 bits per heavy atom. The van der Waals surface area contributed by atoms with Crippen LogP contribution in [0.4, 0.5) is 0 Å². The van der Waals surface area contributed by atoms with Crippen molar-refractivity contribution in [2.24, 2.45) is 0 Å². The van der Waals surface area contributed by atoms with Crippen molar-refractivity contribution in [1.29, 1.82) is 0 Å². The fourth-order valence-corrected chi connectivity index (χ4v) is 10.7. The Morgan fingerprint density at radius 3 is 1.44 bits per heavy atom. The van der Waals surface area contributed by atoms with Crippen molar-refractivity contribution >= 4 is 29.6 Å². The molecule has 22 N–H and O–H groups in total. The average Bonchev–Trinajstić information content (AvgIpc) is 3.63. The highest BCUT2D eigenvalue weighted by Gasteiger charge is 2.61. The molecule has 0 aromatic rings. The number of carbonyl (C=O) groups excluding carboxylic acids is 4. The van der Waals surface area contributed by atoms with Crippen molar-refractivity contribution < 1.29 is 168 Å². The molecule has 0 bridgehead atoms. The SMILES string of the molecule is CC(=O)N[C@@H]1[C@@H](O[C@@H]2O[C@H](CO)[C@H](O)[C@H](O[C@H]3O[C@H](CO)[C@H](O)[C@H](O)[C@H]3NC(C)=O)[C@H]2O)[C@@H](O)[C@@H](COC2O[C@H](CO)[C@@H](O[C@@H]3O[C@H](CO)[C@H](O)[C@H](O[C@]4(C(=O)O)C[C@H](O)[C@@H](NC(C)=O)[C@H]([C@H](O)[C@H](O)CO)O4)[C@H]3O)[C@H](O)[C@H]2NC(C)=O)O[C@@H]1O. The number of carboxylic acid groups (broad SMARTS) is 1. The van der Waals surface area contributed by atoms with Crippen LogP contribution in [0.2, 0.25) is 0 Å². The highest BCUT2D eigenvalue weighted by atomic mass is 16.8. The van der Waals surface area contributed by atoms with E-state index in [1.807, 2.05) is 0 Å². The van der Waals surface area contributed by atoms with Crippen molar-refractivity contribution in [2.45, 2.75) is 224 Å². The molecule has 6 aliphatic rings. The normalized spacial score (nSPS) is 45.0. The van der Waals surface area contributed by atoms with Gasteiger partial charge in [0.15, 0.2) is 31.5 Å². The second kappa shape index (κ2) is 30.2. The number of ether oxygens (including phenoxy) is 11.